The third kappa shape index (κ3) is 4.61. The van der Waals surface area contributed by atoms with Gasteiger partial charge in [0, 0.05) is 17.5 Å². The normalized spacial score (nSPS) is 15.3. The highest BCUT2D eigenvalue weighted by molar-refractivity contribution is 5.89. The molecule has 0 unspecified atom stereocenters. The van der Waals surface area contributed by atoms with Crippen molar-refractivity contribution in [2.45, 2.75) is 33.2 Å². The first-order chi connectivity index (χ1) is 14.9. The number of hydrogen-bond acceptors (Lipinski definition) is 6. The van der Waals surface area contributed by atoms with Crippen LogP contribution in [0.2, 0.25) is 0 Å². The van der Waals surface area contributed by atoms with E-state index in [-0.39, 0.29) is 17.8 Å². The Hall–Kier alpha value is -3.20. The first-order valence-electron chi connectivity index (χ1n) is 10.3. The maximum atomic E-state index is 13.6. The lowest BCUT2D eigenvalue weighted by Gasteiger charge is -2.26. The first kappa shape index (κ1) is 21.0. The van der Waals surface area contributed by atoms with Gasteiger partial charge in [0.2, 0.25) is 5.95 Å². The molecule has 8 nitrogen and oxygen atoms in total. The number of amides is 2. The number of carbonyl (C=O) groups is 1. The van der Waals surface area contributed by atoms with Gasteiger partial charge in [0.05, 0.1) is 30.7 Å². The Labute approximate surface area is 179 Å². The Morgan fingerprint density at radius 2 is 2.03 bits per heavy atom. The van der Waals surface area contributed by atoms with Crippen molar-refractivity contribution in [3.8, 4) is 0 Å². The number of anilines is 2. The molecule has 0 bridgehead atoms. The second kappa shape index (κ2) is 8.89. The van der Waals surface area contributed by atoms with Gasteiger partial charge in [0.15, 0.2) is 0 Å². The zero-order chi connectivity index (χ0) is 22.0. The predicted molar refractivity (Wildman–Crippen MR) is 115 cm³/mol. The van der Waals surface area contributed by atoms with Crippen molar-refractivity contribution in [2.75, 3.05) is 30.1 Å². The summed E-state index contributed by atoms with van der Waals surface area (Å²) in [7, 11) is 0. The molecular formula is C22H26FN5O3. The summed E-state index contributed by atoms with van der Waals surface area (Å²) in [5.41, 5.74) is 1.88. The van der Waals surface area contributed by atoms with Crippen molar-refractivity contribution in [3.63, 3.8) is 0 Å². The lowest BCUT2D eigenvalue weighted by Crippen LogP contribution is -2.35. The molecule has 1 aromatic carbocycles. The van der Waals surface area contributed by atoms with E-state index in [1.807, 2.05) is 25.7 Å². The fourth-order valence-corrected chi connectivity index (χ4v) is 3.66. The fourth-order valence-electron chi connectivity index (χ4n) is 3.66. The van der Waals surface area contributed by atoms with Crippen molar-refractivity contribution in [1.29, 1.82) is 0 Å². The summed E-state index contributed by atoms with van der Waals surface area (Å²) in [6.45, 7) is 7.88. The molecule has 4 rings (SSSR count). The van der Waals surface area contributed by atoms with Crippen LogP contribution >= 0.6 is 0 Å². The monoisotopic (exact) mass is 427 g/mol. The smallest absolute Gasteiger partial charge is 0.319 e. The molecule has 1 atom stereocenters. The van der Waals surface area contributed by atoms with Gasteiger partial charge in [-0.1, -0.05) is 13.8 Å². The largest absolute Gasteiger partial charge is 0.459 e. The van der Waals surface area contributed by atoms with Crippen LogP contribution in [0.4, 0.5) is 20.8 Å². The number of halogens is 1. The van der Waals surface area contributed by atoms with Gasteiger partial charge in [-0.05, 0) is 37.5 Å². The zero-order valence-corrected chi connectivity index (χ0v) is 17.8. The van der Waals surface area contributed by atoms with Crippen LogP contribution in [0.1, 0.15) is 37.6 Å². The van der Waals surface area contributed by atoms with E-state index in [0.717, 1.165) is 25.1 Å². The van der Waals surface area contributed by atoms with Crippen LogP contribution in [0, 0.1) is 18.7 Å². The van der Waals surface area contributed by atoms with Gasteiger partial charge in [0.25, 0.3) is 0 Å². The van der Waals surface area contributed by atoms with Gasteiger partial charge < -0.3 is 24.7 Å². The molecular weight excluding hydrogens is 401 g/mol. The van der Waals surface area contributed by atoms with Crippen LogP contribution in [0.5, 0.6) is 0 Å². The number of rotatable bonds is 5. The maximum absolute atomic E-state index is 13.6. The Bertz CT molecular complexity index is 1060. The number of aromatic nitrogens is 2. The van der Waals surface area contributed by atoms with Crippen LogP contribution in [-0.4, -0.2) is 35.9 Å². The van der Waals surface area contributed by atoms with Gasteiger partial charge in [-0.2, -0.15) is 0 Å². The van der Waals surface area contributed by atoms with Gasteiger partial charge in [0.1, 0.15) is 23.9 Å². The van der Waals surface area contributed by atoms with E-state index < -0.39 is 6.03 Å². The van der Waals surface area contributed by atoms with E-state index in [4.69, 9.17) is 9.15 Å². The summed E-state index contributed by atoms with van der Waals surface area (Å²) in [6, 6.07) is 3.62. The summed E-state index contributed by atoms with van der Waals surface area (Å²) in [5, 5.41) is 6.42. The van der Waals surface area contributed by atoms with Crippen LogP contribution < -0.4 is 15.5 Å². The minimum Gasteiger partial charge on any atom is -0.459 e. The predicted octanol–water partition coefficient (Wildman–Crippen LogP) is 4.37. The van der Waals surface area contributed by atoms with Gasteiger partial charge in [-0.15, -0.1) is 0 Å². The SMILES string of the molecule is Cc1c([C@H](NC(=O)Nc2cnc(N3CCCOC3)nc2)C(C)C)oc2ccc(F)cc12. The average molecular weight is 427 g/mol. The minimum atomic E-state index is -0.401. The maximum Gasteiger partial charge on any atom is 0.319 e. The van der Waals surface area contributed by atoms with Crippen LogP contribution in [0.15, 0.2) is 35.0 Å². The zero-order valence-electron chi connectivity index (χ0n) is 17.8. The second-order valence-corrected chi connectivity index (χ2v) is 7.98. The van der Waals surface area contributed by atoms with Gasteiger partial charge >= 0.3 is 6.03 Å². The molecule has 1 saturated heterocycles. The standard InChI is InChI=1S/C22H26FN5O3/c1-13(2)19(20-14(3)17-9-15(23)5-6-18(17)31-20)27-22(29)26-16-10-24-21(25-11-16)28-7-4-8-30-12-28/h5-6,9-11,13,19H,4,7-8,12H2,1-3H3,(H2,26,27,29)/t19-/m1/s1. The molecule has 31 heavy (non-hydrogen) atoms. The Morgan fingerprint density at radius 3 is 2.71 bits per heavy atom. The number of nitrogens with zero attached hydrogens (tertiary/aromatic N) is 3. The fraction of sp³-hybridized carbons (Fsp3) is 0.409. The van der Waals surface area contributed by atoms with E-state index in [1.165, 1.54) is 12.1 Å². The van der Waals surface area contributed by atoms with Crippen molar-refractivity contribution in [3.05, 3.63) is 47.7 Å². The number of carbonyl (C=O) groups excluding carboxylic acids is 1. The highest BCUT2D eigenvalue weighted by Crippen LogP contribution is 2.33. The molecule has 2 amide bonds. The molecule has 164 valence electrons. The molecule has 1 fully saturated rings. The van der Waals surface area contributed by atoms with Crippen LogP contribution in [0.25, 0.3) is 11.0 Å². The Morgan fingerprint density at radius 1 is 1.26 bits per heavy atom. The van der Waals surface area contributed by atoms with E-state index in [2.05, 4.69) is 20.6 Å². The Balaban J connectivity index is 1.46. The van der Waals surface area contributed by atoms with E-state index in [1.54, 1.807) is 18.5 Å². The van der Waals surface area contributed by atoms with E-state index in [9.17, 15) is 9.18 Å². The van der Waals surface area contributed by atoms with Crippen molar-refractivity contribution >= 4 is 28.6 Å². The molecule has 3 aromatic rings. The molecule has 0 saturated carbocycles. The quantitative estimate of drug-likeness (QED) is 0.628. The number of fused-ring (bicyclic) bond motifs is 1. The number of hydrogen-bond donors (Lipinski definition) is 2. The summed E-state index contributed by atoms with van der Waals surface area (Å²) in [5.74, 6) is 0.903. The molecule has 0 radical (unpaired) electrons. The third-order valence-corrected chi connectivity index (χ3v) is 5.31. The van der Waals surface area contributed by atoms with Crippen molar-refractivity contribution in [1.82, 2.24) is 15.3 Å². The average Bonchev–Trinajstić information content (AvgIpc) is 3.08. The summed E-state index contributed by atoms with van der Waals surface area (Å²) in [4.78, 5) is 23.2. The molecule has 2 aromatic heterocycles. The molecule has 0 spiro atoms. The summed E-state index contributed by atoms with van der Waals surface area (Å²) < 4.78 is 25.0. The number of ether oxygens (including phenoxy) is 1. The summed E-state index contributed by atoms with van der Waals surface area (Å²) >= 11 is 0. The highest BCUT2D eigenvalue weighted by Gasteiger charge is 2.25. The van der Waals surface area contributed by atoms with Gasteiger partial charge in [-0.3, -0.25) is 0 Å². The molecule has 3 heterocycles. The molecule has 0 aliphatic carbocycles. The molecule has 1 aliphatic rings. The number of aryl methyl sites for hydroxylation is 1. The van der Waals surface area contributed by atoms with Crippen molar-refractivity contribution in [2.24, 2.45) is 5.92 Å². The summed E-state index contributed by atoms with van der Waals surface area (Å²) in [6.07, 6.45) is 4.06. The van der Waals surface area contributed by atoms with Gasteiger partial charge in [-0.25, -0.2) is 19.2 Å². The second-order valence-electron chi connectivity index (χ2n) is 7.98. The third-order valence-electron chi connectivity index (χ3n) is 5.31. The highest BCUT2D eigenvalue weighted by atomic mass is 19.1. The van der Waals surface area contributed by atoms with E-state index in [0.29, 0.717) is 35.1 Å². The number of benzene rings is 1. The lowest BCUT2D eigenvalue weighted by molar-refractivity contribution is 0.106. The Kier molecular flexibility index (Phi) is 6.03. The minimum absolute atomic E-state index is 0.0487. The number of urea groups is 1. The molecule has 9 heteroatoms. The van der Waals surface area contributed by atoms with E-state index >= 15 is 0 Å². The van der Waals surface area contributed by atoms with Crippen molar-refractivity contribution < 1.29 is 18.3 Å². The van der Waals surface area contributed by atoms with Crippen LogP contribution in [-0.2, 0) is 4.74 Å². The lowest BCUT2D eigenvalue weighted by atomic mass is 9.98. The first-order valence-corrected chi connectivity index (χ1v) is 10.3. The van der Waals surface area contributed by atoms with Crippen LogP contribution in [0.3, 0.4) is 0 Å². The molecule has 2 N–H and O–H groups in total. The topological polar surface area (TPSA) is 92.5 Å². The number of nitrogens with one attached hydrogen (secondary N) is 2. The molecule has 1 aliphatic heterocycles. The number of furan rings is 1.